The number of hydrogen-bond acceptors (Lipinski definition) is 4. The van der Waals surface area contributed by atoms with Crippen LogP contribution in [0.2, 0.25) is 0 Å². The molecule has 1 atom stereocenters. The molecule has 1 aromatic carbocycles. The van der Waals surface area contributed by atoms with Crippen molar-refractivity contribution < 1.29 is 13.5 Å². The number of sulfone groups is 1. The van der Waals surface area contributed by atoms with Crippen molar-refractivity contribution in [2.75, 3.05) is 11.5 Å². The maximum atomic E-state index is 11.8. The van der Waals surface area contributed by atoms with Gasteiger partial charge in [0.15, 0.2) is 9.84 Å². The molecular weight excluding hydrogens is 250 g/mol. The summed E-state index contributed by atoms with van der Waals surface area (Å²) in [6.07, 6.45) is -0.972. The van der Waals surface area contributed by atoms with E-state index in [2.05, 4.69) is 0 Å². The van der Waals surface area contributed by atoms with Crippen molar-refractivity contribution in [3.63, 3.8) is 0 Å². The minimum Gasteiger partial charge on any atom is -0.387 e. The molecule has 0 fully saturated rings. The van der Waals surface area contributed by atoms with Crippen LogP contribution in [-0.4, -0.2) is 25.0 Å². The van der Waals surface area contributed by atoms with Crippen molar-refractivity contribution in [2.24, 2.45) is 11.7 Å². The third kappa shape index (κ3) is 4.76. The van der Waals surface area contributed by atoms with Gasteiger partial charge in [-0.2, -0.15) is 0 Å². The van der Waals surface area contributed by atoms with Crippen LogP contribution in [0.3, 0.4) is 0 Å². The topological polar surface area (TPSA) is 80.4 Å². The number of aliphatic hydroxyl groups excluding tert-OH is 1. The van der Waals surface area contributed by atoms with Gasteiger partial charge in [0.2, 0.25) is 0 Å². The molecule has 0 saturated carbocycles. The Morgan fingerprint density at radius 3 is 2.17 bits per heavy atom. The maximum Gasteiger partial charge on any atom is 0.153 e. The zero-order chi connectivity index (χ0) is 13.8. The van der Waals surface area contributed by atoms with Crippen LogP contribution in [0.5, 0.6) is 0 Å². The lowest BCUT2D eigenvalue weighted by molar-refractivity contribution is 0.201. The van der Waals surface area contributed by atoms with E-state index in [0.717, 1.165) is 5.56 Å². The third-order valence-corrected chi connectivity index (χ3v) is 4.60. The van der Waals surface area contributed by atoms with E-state index in [1.54, 1.807) is 24.3 Å². The molecule has 18 heavy (non-hydrogen) atoms. The van der Waals surface area contributed by atoms with E-state index in [9.17, 15) is 13.5 Å². The van der Waals surface area contributed by atoms with Crippen LogP contribution >= 0.6 is 0 Å². The summed E-state index contributed by atoms with van der Waals surface area (Å²) >= 11 is 0. The molecular formula is C13H21NO3S. The van der Waals surface area contributed by atoms with Crippen LogP contribution in [-0.2, 0) is 16.4 Å². The predicted molar refractivity (Wildman–Crippen MR) is 72.8 cm³/mol. The zero-order valence-electron chi connectivity index (χ0n) is 10.8. The Morgan fingerprint density at radius 2 is 1.72 bits per heavy atom. The number of hydrogen-bond donors (Lipinski definition) is 2. The average molecular weight is 271 g/mol. The molecule has 0 bridgehead atoms. The monoisotopic (exact) mass is 271 g/mol. The molecule has 0 radical (unpaired) electrons. The van der Waals surface area contributed by atoms with E-state index in [0.29, 0.717) is 12.1 Å². The van der Waals surface area contributed by atoms with Crippen molar-refractivity contribution in [1.82, 2.24) is 0 Å². The lowest BCUT2D eigenvalue weighted by Crippen LogP contribution is -2.20. The van der Waals surface area contributed by atoms with Crippen molar-refractivity contribution in [3.05, 3.63) is 35.4 Å². The van der Waals surface area contributed by atoms with Gasteiger partial charge in [-0.15, -0.1) is 0 Å². The standard InChI is InChI=1S/C13H21NO3S/c1-10(2)8-18(16,17)9-13(15)12-5-3-11(7-14)4-6-12/h3-6,10,13,15H,7-9,14H2,1-2H3. The lowest BCUT2D eigenvalue weighted by Gasteiger charge is -2.13. The maximum absolute atomic E-state index is 11.8. The van der Waals surface area contributed by atoms with Crippen LogP contribution in [0.25, 0.3) is 0 Å². The van der Waals surface area contributed by atoms with Crippen LogP contribution < -0.4 is 5.73 Å². The summed E-state index contributed by atoms with van der Waals surface area (Å²) in [5.74, 6) is -0.0558. The Labute approximate surface area is 109 Å². The van der Waals surface area contributed by atoms with Crippen LogP contribution in [0, 0.1) is 5.92 Å². The van der Waals surface area contributed by atoms with Gasteiger partial charge in [-0.1, -0.05) is 38.1 Å². The van der Waals surface area contributed by atoms with E-state index in [1.165, 1.54) is 0 Å². The van der Waals surface area contributed by atoms with Gasteiger partial charge in [-0.3, -0.25) is 0 Å². The SMILES string of the molecule is CC(C)CS(=O)(=O)CC(O)c1ccc(CN)cc1. The smallest absolute Gasteiger partial charge is 0.153 e. The molecule has 0 aliphatic rings. The highest BCUT2D eigenvalue weighted by Crippen LogP contribution is 2.17. The quantitative estimate of drug-likeness (QED) is 0.816. The fourth-order valence-electron chi connectivity index (χ4n) is 1.79. The van der Waals surface area contributed by atoms with Gasteiger partial charge < -0.3 is 10.8 Å². The second-order valence-electron chi connectivity index (χ2n) is 4.93. The second kappa shape index (κ2) is 6.31. The zero-order valence-corrected chi connectivity index (χ0v) is 11.7. The van der Waals surface area contributed by atoms with Crippen molar-refractivity contribution in [1.29, 1.82) is 0 Å². The molecule has 1 aromatic rings. The molecule has 0 saturated heterocycles. The highest BCUT2D eigenvalue weighted by Gasteiger charge is 2.19. The molecule has 0 aromatic heterocycles. The largest absolute Gasteiger partial charge is 0.387 e. The number of nitrogens with two attached hydrogens (primary N) is 1. The lowest BCUT2D eigenvalue weighted by atomic mass is 10.1. The van der Waals surface area contributed by atoms with Crippen LogP contribution in [0.15, 0.2) is 24.3 Å². The third-order valence-electron chi connectivity index (χ3n) is 2.60. The van der Waals surface area contributed by atoms with Gasteiger partial charge in [0.1, 0.15) is 0 Å². The van der Waals surface area contributed by atoms with Crippen molar-refractivity contribution >= 4 is 9.84 Å². The first-order chi connectivity index (χ1) is 8.34. The second-order valence-corrected chi connectivity index (χ2v) is 7.09. The van der Waals surface area contributed by atoms with Crippen molar-refractivity contribution in [3.8, 4) is 0 Å². The number of aliphatic hydroxyl groups is 1. The molecule has 4 nitrogen and oxygen atoms in total. The minimum absolute atomic E-state index is 0.0711. The molecule has 5 heteroatoms. The fraction of sp³-hybridized carbons (Fsp3) is 0.538. The molecule has 3 N–H and O–H groups in total. The highest BCUT2D eigenvalue weighted by molar-refractivity contribution is 7.91. The Balaban J connectivity index is 2.72. The van der Waals surface area contributed by atoms with E-state index in [4.69, 9.17) is 5.73 Å². The average Bonchev–Trinajstić information content (AvgIpc) is 2.26. The van der Waals surface area contributed by atoms with E-state index in [-0.39, 0.29) is 17.4 Å². The first kappa shape index (κ1) is 15.1. The summed E-state index contributed by atoms with van der Waals surface area (Å²) in [6, 6.07) is 7.04. The molecule has 1 unspecified atom stereocenters. The first-order valence-electron chi connectivity index (χ1n) is 6.01. The van der Waals surface area contributed by atoms with Gasteiger partial charge >= 0.3 is 0 Å². The van der Waals surface area contributed by atoms with Crippen LogP contribution in [0.1, 0.15) is 31.1 Å². The van der Waals surface area contributed by atoms with E-state index < -0.39 is 15.9 Å². The minimum atomic E-state index is -3.22. The van der Waals surface area contributed by atoms with Gasteiger partial charge in [-0.25, -0.2) is 8.42 Å². The Hall–Kier alpha value is -0.910. The first-order valence-corrected chi connectivity index (χ1v) is 7.83. The summed E-state index contributed by atoms with van der Waals surface area (Å²) in [6.45, 7) is 4.13. The highest BCUT2D eigenvalue weighted by atomic mass is 32.2. The summed E-state index contributed by atoms with van der Waals surface area (Å²) in [5.41, 5.74) is 7.04. The summed E-state index contributed by atoms with van der Waals surface area (Å²) in [4.78, 5) is 0. The van der Waals surface area contributed by atoms with E-state index in [1.807, 2.05) is 13.8 Å². The molecule has 0 spiro atoms. The normalized spacial score (nSPS) is 13.8. The summed E-state index contributed by atoms with van der Waals surface area (Å²) < 4.78 is 23.5. The van der Waals surface area contributed by atoms with E-state index >= 15 is 0 Å². The Bertz CT molecular complexity index is 466. The molecule has 1 rings (SSSR count). The van der Waals surface area contributed by atoms with Gasteiger partial charge in [-0.05, 0) is 17.0 Å². The van der Waals surface area contributed by atoms with Gasteiger partial charge in [0.25, 0.3) is 0 Å². The molecule has 102 valence electrons. The van der Waals surface area contributed by atoms with Gasteiger partial charge in [0.05, 0.1) is 17.6 Å². The fourth-order valence-corrected chi connectivity index (χ4v) is 3.61. The van der Waals surface area contributed by atoms with Gasteiger partial charge in [0, 0.05) is 6.54 Å². The Kier molecular flexibility index (Phi) is 5.31. The summed E-state index contributed by atoms with van der Waals surface area (Å²) in [7, 11) is -3.22. The molecule has 0 amide bonds. The molecule has 0 heterocycles. The predicted octanol–water partition coefficient (Wildman–Crippen LogP) is 1.25. The van der Waals surface area contributed by atoms with Crippen molar-refractivity contribution in [2.45, 2.75) is 26.5 Å². The van der Waals surface area contributed by atoms with Crippen LogP contribution in [0.4, 0.5) is 0 Å². The summed E-state index contributed by atoms with van der Waals surface area (Å²) in [5, 5.41) is 9.92. The molecule has 0 aliphatic heterocycles. The number of benzene rings is 1. The number of rotatable bonds is 6. The molecule has 0 aliphatic carbocycles. The Morgan fingerprint density at radius 1 is 1.17 bits per heavy atom.